The molecular weight excluding hydrogens is 466 g/mol. The van der Waals surface area contributed by atoms with Gasteiger partial charge >= 0.3 is 6.09 Å². The van der Waals surface area contributed by atoms with Crippen LogP contribution in [-0.4, -0.2) is 41.5 Å². The van der Waals surface area contributed by atoms with Crippen molar-refractivity contribution in [1.29, 1.82) is 0 Å². The third-order valence-corrected chi connectivity index (χ3v) is 5.79. The lowest BCUT2D eigenvalue weighted by Gasteiger charge is -2.32. The summed E-state index contributed by atoms with van der Waals surface area (Å²) in [6.45, 7) is 9.34. The number of benzene rings is 3. The first kappa shape index (κ1) is 27.7. The van der Waals surface area contributed by atoms with Crippen molar-refractivity contribution >= 4 is 34.4 Å². The van der Waals surface area contributed by atoms with Crippen LogP contribution in [-0.2, 0) is 14.3 Å². The summed E-state index contributed by atoms with van der Waals surface area (Å²) in [5.41, 5.74) is 1.66. The predicted octanol–water partition coefficient (Wildman–Crippen LogP) is 5.98. The van der Waals surface area contributed by atoms with Gasteiger partial charge in [0.15, 0.2) is 0 Å². The van der Waals surface area contributed by atoms with Crippen molar-refractivity contribution in [2.45, 2.75) is 59.1 Å². The number of carbonyl (C=O) groups excluding carboxylic acids is 3. The van der Waals surface area contributed by atoms with Crippen LogP contribution < -0.4 is 10.6 Å². The number of amides is 3. The summed E-state index contributed by atoms with van der Waals surface area (Å²) in [5, 5.41) is 7.63. The fourth-order valence-electron chi connectivity index (χ4n) is 4.08. The third kappa shape index (κ3) is 8.07. The molecule has 0 fully saturated rings. The van der Waals surface area contributed by atoms with E-state index in [9.17, 15) is 14.4 Å². The minimum atomic E-state index is -0.870. The molecule has 3 aromatic carbocycles. The van der Waals surface area contributed by atoms with Gasteiger partial charge in [0.05, 0.1) is 0 Å². The van der Waals surface area contributed by atoms with E-state index in [-0.39, 0.29) is 18.4 Å². The van der Waals surface area contributed by atoms with E-state index in [1.165, 1.54) is 0 Å². The molecule has 196 valence electrons. The number of carbonyl (C=O) groups is 3. The van der Waals surface area contributed by atoms with Crippen molar-refractivity contribution in [1.82, 2.24) is 10.2 Å². The molecule has 0 aromatic heterocycles. The van der Waals surface area contributed by atoms with Crippen molar-refractivity contribution in [3.63, 3.8) is 0 Å². The number of fused-ring (bicyclic) bond motifs is 1. The second kappa shape index (κ2) is 12.4. The SMILES string of the molecule is CCCCN(C(=O)CNC(=O)OC(C)(C)C)C(C(=O)Nc1ccc2ccccc2c1)c1cccc(C)c1. The van der Waals surface area contributed by atoms with Gasteiger partial charge in [-0.05, 0) is 62.6 Å². The molecule has 3 aromatic rings. The summed E-state index contributed by atoms with van der Waals surface area (Å²) in [5.74, 6) is -0.679. The lowest BCUT2D eigenvalue weighted by molar-refractivity contribution is -0.138. The van der Waals surface area contributed by atoms with Crippen LogP contribution in [0.4, 0.5) is 10.5 Å². The van der Waals surface area contributed by atoms with Crippen LogP contribution in [0.1, 0.15) is 57.7 Å². The first-order valence-electron chi connectivity index (χ1n) is 12.7. The van der Waals surface area contributed by atoms with E-state index in [2.05, 4.69) is 10.6 Å². The number of nitrogens with one attached hydrogen (secondary N) is 2. The van der Waals surface area contributed by atoms with E-state index >= 15 is 0 Å². The van der Waals surface area contributed by atoms with Crippen LogP contribution in [0.5, 0.6) is 0 Å². The molecule has 1 unspecified atom stereocenters. The van der Waals surface area contributed by atoms with Gasteiger partial charge in [-0.25, -0.2) is 4.79 Å². The molecule has 7 heteroatoms. The molecule has 0 radical (unpaired) electrons. The molecule has 0 aliphatic carbocycles. The summed E-state index contributed by atoms with van der Waals surface area (Å²) in [6, 6.07) is 20.4. The van der Waals surface area contributed by atoms with Crippen LogP contribution in [0.25, 0.3) is 10.8 Å². The number of hydrogen-bond donors (Lipinski definition) is 2. The molecule has 3 amide bonds. The predicted molar refractivity (Wildman–Crippen MR) is 147 cm³/mol. The van der Waals surface area contributed by atoms with Crippen LogP contribution in [0.3, 0.4) is 0 Å². The second-order valence-electron chi connectivity index (χ2n) is 10.2. The Morgan fingerprint density at radius 1 is 0.946 bits per heavy atom. The molecule has 0 saturated carbocycles. The Balaban J connectivity index is 1.90. The molecule has 3 rings (SSSR count). The summed E-state index contributed by atoms with van der Waals surface area (Å²) in [4.78, 5) is 40.9. The number of alkyl carbamates (subject to hydrolysis) is 1. The molecule has 2 N–H and O–H groups in total. The maximum absolute atomic E-state index is 13.8. The maximum Gasteiger partial charge on any atom is 0.408 e. The fraction of sp³-hybridized carbons (Fsp3) is 0.367. The molecule has 0 aliphatic rings. The summed E-state index contributed by atoms with van der Waals surface area (Å²) in [6.07, 6.45) is 0.879. The van der Waals surface area contributed by atoms with E-state index in [1.807, 2.05) is 80.6 Å². The minimum Gasteiger partial charge on any atom is -0.444 e. The standard InChI is InChI=1S/C30H37N3O4/c1-6-7-17-33(26(34)20-31-29(36)37-30(3,4)5)27(24-14-10-11-21(2)18-24)28(35)32-25-16-15-22-12-8-9-13-23(22)19-25/h8-16,18-19,27H,6-7,17,20H2,1-5H3,(H,31,36)(H,32,35). The van der Waals surface area contributed by atoms with Gasteiger partial charge in [-0.2, -0.15) is 0 Å². The van der Waals surface area contributed by atoms with Crippen LogP contribution in [0, 0.1) is 6.92 Å². The van der Waals surface area contributed by atoms with Gasteiger partial charge in [-0.3, -0.25) is 9.59 Å². The number of ether oxygens (including phenoxy) is 1. The molecular formula is C30H37N3O4. The maximum atomic E-state index is 13.8. The highest BCUT2D eigenvalue weighted by atomic mass is 16.6. The normalized spacial score (nSPS) is 12.0. The number of nitrogens with zero attached hydrogens (tertiary/aromatic N) is 1. The van der Waals surface area contributed by atoms with Crippen molar-refractivity contribution < 1.29 is 19.1 Å². The highest BCUT2D eigenvalue weighted by Crippen LogP contribution is 2.26. The fourth-order valence-corrected chi connectivity index (χ4v) is 4.08. The minimum absolute atomic E-state index is 0.274. The van der Waals surface area contributed by atoms with E-state index in [4.69, 9.17) is 4.74 Å². The Hall–Kier alpha value is -3.87. The van der Waals surface area contributed by atoms with E-state index in [0.29, 0.717) is 24.2 Å². The zero-order valence-corrected chi connectivity index (χ0v) is 22.3. The molecule has 0 heterocycles. The number of rotatable bonds is 9. The monoisotopic (exact) mass is 503 g/mol. The Bertz CT molecular complexity index is 1250. The van der Waals surface area contributed by atoms with E-state index < -0.39 is 17.7 Å². The van der Waals surface area contributed by atoms with Gasteiger partial charge in [-0.1, -0.05) is 73.5 Å². The molecule has 0 bridgehead atoms. The van der Waals surface area contributed by atoms with Gasteiger partial charge in [-0.15, -0.1) is 0 Å². The van der Waals surface area contributed by atoms with E-state index in [0.717, 1.165) is 22.8 Å². The number of hydrogen-bond acceptors (Lipinski definition) is 4. The first-order chi connectivity index (χ1) is 17.6. The van der Waals surface area contributed by atoms with Crippen molar-refractivity contribution in [3.8, 4) is 0 Å². The molecule has 0 aliphatic heterocycles. The lowest BCUT2D eigenvalue weighted by atomic mass is 10.0. The molecule has 7 nitrogen and oxygen atoms in total. The molecule has 1 atom stereocenters. The van der Waals surface area contributed by atoms with Gasteiger partial charge in [0, 0.05) is 12.2 Å². The van der Waals surface area contributed by atoms with Gasteiger partial charge < -0.3 is 20.3 Å². The Kier molecular flexibility index (Phi) is 9.28. The number of unbranched alkanes of at least 4 members (excludes halogenated alkanes) is 1. The molecule has 37 heavy (non-hydrogen) atoms. The Morgan fingerprint density at radius 2 is 1.68 bits per heavy atom. The summed E-state index contributed by atoms with van der Waals surface area (Å²) < 4.78 is 5.27. The third-order valence-electron chi connectivity index (χ3n) is 5.79. The lowest BCUT2D eigenvalue weighted by Crippen LogP contribution is -2.47. The zero-order chi connectivity index (χ0) is 27.0. The second-order valence-corrected chi connectivity index (χ2v) is 10.2. The quantitative estimate of drug-likeness (QED) is 0.376. The Labute approximate surface area is 219 Å². The van der Waals surface area contributed by atoms with Gasteiger partial charge in [0.25, 0.3) is 5.91 Å². The molecule has 0 spiro atoms. The van der Waals surface area contributed by atoms with Crippen LogP contribution in [0.15, 0.2) is 66.7 Å². The first-order valence-corrected chi connectivity index (χ1v) is 12.7. The largest absolute Gasteiger partial charge is 0.444 e. The average molecular weight is 504 g/mol. The summed E-state index contributed by atoms with van der Waals surface area (Å²) in [7, 11) is 0. The van der Waals surface area contributed by atoms with Crippen molar-refractivity contribution in [3.05, 3.63) is 77.9 Å². The topological polar surface area (TPSA) is 87.7 Å². The van der Waals surface area contributed by atoms with Gasteiger partial charge in [0.2, 0.25) is 5.91 Å². The van der Waals surface area contributed by atoms with E-state index in [1.54, 1.807) is 25.7 Å². The number of aryl methyl sites for hydroxylation is 1. The van der Waals surface area contributed by atoms with Crippen molar-refractivity contribution in [2.24, 2.45) is 0 Å². The molecule has 0 saturated heterocycles. The van der Waals surface area contributed by atoms with Crippen LogP contribution in [0.2, 0.25) is 0 Å². The highest BCUT2D eigenvalue weighted by Gasteiger charge is 2.31. The highest BCUT2D eigenvalue weighted by molar-refractivity contribution is 6.00. The summed E-state index contributed by atoms with van der Waals surface area (Å²) >= 11 is 0. The van der Waals surface area contributed by atoms with Crippen molar-refractivity contribution in [2.75, 3.05) is 18.4 Å². The number of anilines is 1. The smallest absolute Gasteiger partial charge is 0.408 e. The van der Waals surface area contributed by atoms with Crippen LogP contribution >= 0.6 is 0 Å². The Morgan fingerprint density at radius 3 is 2.35 bits per heavy atom. The average Bonchev–Trinajstić information content (AvgIpc) is 2.83. The van der Waals surface area contributed by atoms with Gasteiger partial charge in [0.1, 0.15) is 18.2 Å². The zero-order valence-electron chi connectivity index (χ0n) is 22.3.